The number of carboxylic acids is 1. The Morgan fingerprint density at radius 3 is 2.56 bits per heavy atom. The van der Waals surface area contributed by atoms with Gasteiger partial charge in [-0.15, -0.1) is 11.3 Å². The molecular weight excluding hydrogens is 472 g/mol. The third-order valence-electron chi connectivity index (χ3n) is 7.28. The van der Waals surface area contributed by atoms with E-state index in [1.807, 2.05) is 36.4 Å². The second kappa shape index (κ2) is 7.83. The quantitative estimate of drug-likeness (QED) is 0.552. The van der Waals surface area contributed by atoms with Crippen molar-refractivity contribution < 1.29 is 23.1 Å². The molecule has 0 radical (unpaired) electrons. The third-order valence-corrected chi connectivity index (χ3v) is 10.3. The fourth-order valence-corrected chi connectivity index (χ4v) is 7.70. The molecule has 3 heterocycles. The number of anilines is 2. The van der Waals surface area contributed by atoms with Crippen LogP contribution in [0.4, 0.5) is 11.4 Å². The number of hydrogen-bond acceptors (Lipinski definition) is 6. The zero-order chi connectivity index (χ0) is 23.6. The van der Waals surface area contributed by atoms with Crippen LogP contribution in [0.2, 0.25) is 0 Å². The van der Waals surface area contributed by atoms with Crippen LogP contribution >= 0.6 is 11.3 Å². The van der Waals surface area contributed by atoms with E-state index in [2.05, 4.69) is 4.90 Å². The van der Waals surface area contributed by atoms with Gasteiger partial charge in [0.05, 0.1) is 10.6 Å². The van der Waals surface area contributed by atoms with Crippen molar-refractivity contribution in [2.24, 2.45) is 5.92 Å². The zero-order valence-electron chi connectivity index (χ0n) is 18.6. The lowest BCUT2D eigenvalue weighted by molar-refractivity contribution is 0.0702. The van der Waals surface area contributed by atoms with Gasteiger partial charge >= 0.3 is 5.97 Å². The van der Waals surface area contributed by atoms with E-state index in [0.29, 0.717) is 29.5 Å². The van der Waals surface area contributed by atoms with Crippen molar-refractivity contribution in [2.75, 3.05) is 18.5 Å². The fourth-order valence-electron chi connectivity index (χ4n) is 5.17. The minimum absolute atomic E-state index is 0.139. The van der Waals surface area contributed by atoms with Gasteiger partial charge in [0.2, 0.25) is 10.0 Å². The number of nitrogens with zero attached hydrogens (tertiary/aromatic N) is 2. The molecule has 1 aromatic heterocycles. The number of sulfonamides is 1. The van der Waals surface area contributed by atoms with E-state index in [1.165, 1.54) is 11.3 Å². The summed E-state index contributed by atoms with van der Waals surface area (Å²) < 4.78 is 35.4. The van der Waals surface area contributed by atoms with Gasteiger partial charge < -0.3 is 14.7 Å². The maximum atomic E-state index is 13.9. The standard InChI is InChI=1S/C25H24N2O5S2/c1-26-20(15-6-5-7-15)13-27(16-8-3-2-4-9-16)19-12-21-17(11-24(19)34(26,30)31)18-10-22(25(28)29)33-23(18)14-32-21/h2-4,8-12,15,20H,5-7,13-14H2,1H3,(H,28,29)/t20-/m0/s1. The van der Waals surface area contributed by atoms with Gasteiger partial charge in [-0.1, -0.05) is 24.6 Å². The van der Waals surface area contributed by atoms with Crippen molar-refractivity contribution in [1.82, 2.24) is 4.31 Å². The van der Waals surface area contributed by atoms with E-state index in [-0.39, 0.29) is 22.4 Å². The first-order chi connectivity index (χ1) is 16.3. The van der Waals surface area contributed by atoms with E-state index in [9.17, 15) is 18.3 Å². The number of aromatic carboxylic acids is 1. The first-order valence-corrected chi connectivity index (χ1v) is 13.6. The fraction of sp³-hybridized carbons (Fsp3) is 0.320. The van der Waals surface area contributed by atoms with Crippen LogP contribution in [0.3, 0.4) is 0 Å². The molecule has 0 saturated heterocycles. The molecule has 9 heteroatoms. The van der Waals surface area contributed by atoms with Gasteiger partial charge in [0.15, 0.2) is 0 Å². The number of rotatable bonds is 3. The topological polar surface area (TPSA) is 87.2 Å². The summed E-state index contributed by atoms with van der Waals surface area (Å²) in [5, 5.41) is 9.46. The molecule has 2 aromatic carbocycles. The Morgan fingerprint density at radius 1 is 1.12 bits per heavy atom. The number of para-hydroxylation sites is 1. The van der Waals surface area contributed by atoms with Crippen LogP contribution in [0.1, 0.15) is 33.8 Å². The highest BCUT2D eigenvalue weighted by Crippen LogP contribution is 2.49. The molecule has 1 atom stereocenters. The average Bonchev–Trinajstić information content (AvgIpc) is 3.22. The summed E-state index contributed by atoms with van der Waals surface area (Å²) in [4.78, 5) is 14.9. The summed E-state index contributed by atoms with van der Waals surface area (Å²) in [7, 11) is -2.11. The van der Waals surface area contributed by atoms with Crippen molar-refractivity contribution in [3.8, 4) is 16.9 Å². The van der Waals surface area contributed by atoms with Crippen molar-refractivity contribution in [1.29, 1.82) is 0 Å². The van der Waals surface area contributed by atoms with Crippen molar-refractivity contribution in [2.45, 2.75) is 36.8 Å². The predicted octanol–water partition coefficient (Wildman–Crippen LogP) is 4.95. The summed E-state index contributed by atoms with van der Waals surface area (Å²) in [6, 6.07) is 14.8. The van der Waals surface area contributed by atoms with Gasteiger partial charge in [-0.2, -0.15) is 4.31 Å². The van der Waals surface area contributed by atoms with E-state index < -0.39 is 16.0 Å². The first kappa shape index (κ1) is 21.6. The van der Waals surface area contributed by atoms with E-state index in [1.54, 1.807) is 23.5 Å². The smallest absolute Gasteiger partial charge is 0.345 e. The Balaban J connectivity index is 1.57. The SMILES string of the molecule is CN1[C@H](C2CCC2)CN(c2ccccc2)c2cc3c(cc2S1(=O)=O)-c1cc(C(=O)O)sc1CO3. The van der Waals surface area contributed by atoms with E-state index in [4.69, 9.17) is 4.74 Å². The molecule has 6 rings (SSSR count). The normalized spacial score (nSPS) is 21.4. The Bertz CT molecular complexity index is 1400. The lowest BCUT2D eigenvalue weighted by Crippen LogP contribution is -2.47. The van der Waals surface area contributed by atoms with Gasteiger partial charge in [0.25, 0.3) is 0 Å². The number of carbonyl (C=O) groups is 1. The highest BCUT2D eigenvalue weighted by atomic mass is 32.2. The number of benzene rings is 2. The number of fused-ring (bicyclic) bond motifs is 4. The number of hydrogen-bond donors (Lipinski definition) is 1. The summed E-state index contributed by atoms with van der Waals surface area (Å²) in [5.74, 6) is -0.101. The molecule has 1 saturated carbocycles. The van der Waals surface area contributed by atoms with Crippen LogP contribution in [0, 0.1) is 5.92 Å². The lowest BCUT2D eigenvalue weighted by Gasteiger charge is -2.39. The first-order valence-electron chi connectivity index (χ1n) is 11.3. The van der Waals surface area contributed by atoms with Gasteiger partial charge in [0.1, 0.15) is 22.1 Å². The molecule has 1 N–H and O–H groups in total. The molecule has 176 valence electrons. The van der Waals surface area contributed by atoms with Crippen molar-refractivity contribution >= 4 is 38.7 Å². The molecule has 0 bridgehead atoms. The van der Waals surface area contributed by atoms with Crippen LogP contribution in [0.15, 0.2) is 53.4 Å². The Hall–Kier alpha value is -2.88. The molecule has 0 amide bonds. The second-order valence-corrected chi connectivity index (χ2v) is 12.2. The molecule has 2 aliphatic heterocycles. The van der Waals surface area contributed by atoms with Crippen molar-refractivity contribution in [3.05, 3.63) is 58.3 Å². The second-order valence-electron chi connectivity index (χ2n) is 9.08. The minimum atomic E-state index is -3.79. The average molecular weight is 497 g/mol. The molecule has 0 unspecified atom stereocenters. The lowest BCUT2D eigenvalue weighted by atomic mass is 9.79. The number of thiophene rings is 1. The number of ether oxygens (including phenoxy) is 1. The Kier molecular flexibility index (Phi) is 4.98. The maximum absolute atomic E-state index is 13.9. The Labute approximate surface area is 202 Å². The zero-order valence-corrected chi connectivity index (χ0v) is 20.2. The summed E-state index contributed by atoms with van der Waals surface area (Å²) in [6.07, 6.45) is 3.18. The van der Waals surface area contributed by atoms with E-state index >= 15 is 0 Å². The molecule has 3 aliphatic rings. The highest BCUT2D eigenvalue weighted by Gasteiger charge is 2.43. The van der Waals surface area contributed by atoms with Crippen LogP contribution in [0.5, 0.6) is 5.75 Å². The maximum Gasteiger partial charge on any atom is 0.345 e. The number of carboxylic acid groups (broad SMARTS) is 1. The molecular formula is C25H24N2O5S2. The highest BCUT2D eigenvalue weighted by molar-refractivity contribution is 7.89. The molecule has 0 spiro atoms. The van der Waals surface area contributed by atoms with Gasteiger partial charge in [-0.3, -0.25) is 0 Å². The van der Waals surface area contributed by atoms with Crippen molar-refractivity contribution in [3.63, 3.8) is 0 Å². The van der Waals surface area contributed by atoms with Crippen LogP contribution < -0.4 is 9.64 Å². The van der Waals surface area contributed by atoms with Gasteiger partial charge in [-0.05, 0) is 43.0 Å². The van der Waals surface area contributed by atoms with E-state index in [0.717, 1.165) is 35.4 Å². The molecule has 1 aliphatic carbocycles. The van der Waals surface area contributed by atoms with Gasteiger partial charge in [0, 0.05) is 42.5 Å². The summed E-state index contributed by atoms with van der Waals surface area (Å²) >= 11 is 1.17. The van der Waals surface area contributed by atoms with Crippen LogP contribution in [-0.2, 0) is 16.6 Å². The van der Waals surface area contributed by atoms with Gasteiger partial charge in [-0.25, -0.2) is 13.2 Å². The minimum Gasteiger partial charge on any atom is -0.487 e. The molecule has 7 nitrogen and oxygen atoms in total. The Morgan fingerprint density at radius 2 is 1.88 bits per heavy atom. The van der Waals surface area contributed by atoms with Crippen LogP contribution in [-0.4, -0.2) is 43.4 Å². The molecule has 34 heavy (non-hydrogen) atoms. The number of likely N-dealkylation sites (N-methyl/N-ethyl adjacent to an activating group) is 1. The third kappa shape index (κ3) is 3.25. The predicted molar refractivity (Wildman–Crippen MR) is 131 cm³/mol. The summed E-state index contributed by atoms with van der Waals surface area (Å²) in [5.41, 5.74) is 2.88. The summed E-state index contributed by atoms with van der Waals surface area (Å²) in [6.45, 7) is 0.824. The molecule has 3 aromatic rings. The van der Waals surface area contributed by atoms with Crippen LogP contribution in [0.25, 0.3) is 11.1 Å². The monoisotopic (exact) mass is 496 g/mol. The molecule has 1 fully saturated rings. The largest absolute Gasteiger partial charge is 0.487 e.